The van der Waals surface area contributed by atoms with Gasteiger partial charge in [0.05, 0.1) is 4.90 Å². The second-order valence-corrected chi connectivity index (χ2v) is 9.51. The van der Waals surface area contributed by atoms with Crippen molar-refractivity contribution in [2.75, 3.05) is 13.1 Å². The van der Waals surface area contributed by atoms with E-state index < -0.39 is 10.0 Å². The highest BCUT2D eigenvalue weighted by atomic mass is 32.2. The van der Waals surface area contributed by atoms with Gasteiger partial charge in [-0.05, 0) is 56.7 Å². The Bertz CT molecular complexity index is 959. The Morgan fingerprint density at radius 2 is 2.04 bits per heavy atom. The predicted octanol–water partition coefficient (Wildman–Crippen LogP) is 3.05. The molecule has 1 N–H and O–H groups in total. The molecule has 2 aliphatic rings. The van der Waals surface area contributed by atoms with E-state index in [4.69, 9.17) is 4.42 Å². The molecule has 1 aliphatic heterocycles. The zero-order chi connectivity index (χ0) is 18.5. The molecule has 1 aromatic heterocycles. The molecule has 2 aromatic rings. The first-order valence-corrected chi connectivity index (χ1v) is 10.6. The van der Waals surface area contributed by atoms with E-state index in [0.717, 1.165) is 25.7 Å². The second kappa shape index (κ2) is 6.39. The number of sulfonamides is 1. The molecule has 4 rings (SSSR count). The van der Waals surface area contributed by atoms with Crippen LogP contribution in [0.2, 0.25) is 0 Å². The zero-order valence-electron chi connectivity index (χ0n) is 15.1. The van der Waals surface area contributed by atoms with Gasteiger partial charge in [0.2, 0.25) is 10.0 Å². The molecule has 1 saturated heterocycles. The number of aryl methyl sites for hydroxylation is 1. The highest BCUT2D eigenvalue weighted by molar-refractivity contribution is 7.89. The summed E-state index contributed by atoms with van der Waals surface area (Å²) in [5.74, 6) is 0.416. The minimum absolute atomic E-state index is 0.226. The van der Waals surface area contributed by atoms with Crippen molar-refractivity contribution in [3.05, 3.63) is 29.5 Å². The van der Waals surface area contributed by atoms with Crippen molar-refractivity contribution in [3.8, 4) is 0 Å². The van der Waals surface area contributed by atoms with Gasteiger partial charge in [-0.1, -0.05) is 6.92 Å². The summed E-state index contributed by atoms with van der Waals surface area (Å²) in [4.78, 5) is 12.6. The van der Waals surface area contributed by atoms with E-state index in [9.17, 15) is 13.2 Å². The summed E-state index contributed by atoms with van der Waals surface area (Å²) in [5.41, 5.74) is 1.22. The standard InChI is InChI=1S/C19H24N2O4S/c1-12-4-3-9-21(11-12)26(23,24)15-7-8-17-16(10-15)13(2)18(25-17)19(22)20-14-5-6-14/h7-8,10,12,14H,3-6,9,11H2,1-2H3,(H,20,22). The van der Waals surface area contributed by atoms with Crippen LogP contribution in [0.5, 0.6) is 0 Å². The third-order valence-corrected chi connectivity index (χ3v) is 7.15. The molecule has 6 nitrogen and oxygen atoms in total. The van der Waals surface area contributed by atoms with Crippen molar-refractivity contribution in [1.82, 2.24) is 9.62 Å². The Balaban J connectivity index is 1.68. The summed E-state index contributed by atoms with van der Waals surface area (Å²) < 4.78 is 33.3. The molecule has 1 amide bonds. The number of piperidine rings is 1. The van der Waals surface area contributed by atoms with Crippen LogP contribution >= 0.6 is 0 Å². The first-order chi connectivity index (χ1) is 12.4. The fourth-order valence-electron chi connectivity index (χ4n) is 3.57. The maximum absolute atomic E-state index is 13.0. The fourth-order valence-corrected chi connectivity index (χ4v) is 5.19. The van der Waals surface area contributed by atoms with Crippen molar-refractivity contribution in [2.24, 2.45) is 5.92 Å². The van der Waals surface area contributed by atoms with E-state index in [1.165, 1.54) is 0 Å². The topological polar surface area (TPSA) is 79.6 Å². The van der Waals surface area contributed by atoms with Gasteiger partial charge in [-0.25, -0.2) is 8.42 Å². The summed E-state index contributed by atoms with van der Waals surface area (Å²) in [7, 11) is -3.53. The van der Waals surface area contributed by atoms with E-state index >= 15 is 0 Å². The van der Waals surface area contributed by atoms with Crippen LogP contribution in [0, 0.1) is 12.8 Å². The predicted molar refractivity (Wildman–Crippen MR) is 98.6 cm³/mol. The van der Waals surface area contributed by atoms with Crippen LogP contribution in [0.1, 0.15) is 48.7 Å². The fraction of sp³-hybridized carbons (Fsp3) is 0.526. The number of amides is 1. The number of carbonyl (C=O) groups excluding carboxylic acids is 1. The molecular weight excluding hydrogens is 352 g/mol. The molecule has 0 radical (unpaired) electrons. The molecule has 1 unspecified atom stereocenters. The molecule has 7 heteroatoms. The molecular formula is C19H24N2O4S. The van der Waals surface area contributed by atoms with E-state index in [1.807, 2.05) is 0 Å². The van der Waals surface area contributed by atoms with Crippen LogP contribution in [0.25, 0.3) is 11.0 Å². The first kappa shape index (κ1) is 17.5. The summed E-state index contributed by atoms with van der Waals surface area (Å²) in [6, 6.07) is 5.10. The Morgan fingerprint density at radius 3 is 2.73 bits per heavy atom. The van der Waals surface area contributed by atoms with Gasteiger partial charge in [0, 0.05) is 30.1 Å². The number of rotatable bonds is 4. The van der Waals surface area contributed by atoms with Crippen molar-refractivity contribution < 1.29 is 17.6 Å². The number of nitrogens with zero attached hydrogens (tertiary/aromatic N) is 1. The third kappa shape index (κ3) is 3.14. The van der Waals surface area contributed by atoms with Gasteiger partial charge in [-0.2, -0.15) is 4.31 Å². The van der Waals surface area contributed by atoms with Crippen molar-refractivity contribution in [3.63, 3.8) is 0 Å². The Morgan fingerprint density at radius 1 is 1.27 bits per heavy atom. The van der Waals surface area contributed by atoms with Crippen LogP contribution in [-0.2, 0) is 10.0 Å². The lowest BCUT2D eigenvalue weighted by Crippen LogP contribution is -2.39. The summed E-state index contributed by atoms with van der Waals surface area (Å²) in [6.45, 7) is 4.99. The number of benzene rings is 1. The number of hydrogen-bond donors (Lipinski definition) is 1. The van der Waals surface area contributed by atoms with E-state index in [0.29, 0.717) is 35.5 Å². The van der Waals surface area contributed by atoms with Gasteiger partial charge in [0.25, 0.3) is 5.91 Å². The zero-order valence-corrected chi connectivity index (χ0v) is 15.9. The Labute approximate surface area is 153 Å². The van der Waals surface area contributed by atoms with Crippen LogP contribution in [0.4, 0.5) is 0 Å². The average molecular weight is 376 g/mol. The van der Waals surface area contributed by atoms with Gasteiger partial charge in [-0.15, -0.1) is 0 Å². The van der Waals surface area contributed by atoms with E-state index in [-0.39, 0.29) is 22.6 Å². The Kier molecular flexibility index (Phi) is 4.31. The summed E-state index contributed by atoms with van der Waals surface area (Å²) in [5, 5.41) is 3.59. The largest absolute Gasteiger partial charge is 0.451 e. The third-order valence-electron chi connectivity index (χ3n) is 5.28. The second-order valence-electron chi connectivity index (χ2n) is 7.57. The average Bonchev–Trinajstić information content (AvgIpc) is 3.36. The monoisotopic (exact) mass is 376 g/mol. The molecule has 2 fully saturated rings. The van der Waals surface area contributed by atoms with Crippen LogP contribution < -0.4 is 5.32 Å². The van der Waals surface area contributed by atoms with Crippen LogP contribution in [0.15, 0.2) is 27.5 Å². The van der Waals surface area contributed by atoms with Gasteiger partial charge in [0.1, 0.15) is 5.58 Å². The lowest BCUT2D eigenvalue weighted by atomic mass is 10.0. The summed E-state index contributed by atoms with van der Waals surface area (Å²) in [6.07, 6.45) is 3.95. The quantitative estimate of drug-likeness (QED) is 0.889. The van der Waals surface area contributed by atoms with E-state index in [2.05, 4.69) is 12.2 Å². The van der Waals surface area contributed by atoms with Crippen molar-refractivity contribution >= 4 is 26.9 Å². The maximum Gasteiger partial charge on any atom is 0.287 e. The summed E-state index contributed by atoms with van der Waals surface area (Å²) >= 11 is 0. The minimum Gasteiger partial charge on any atom is -0.451 e. The maximum atomic E-state index is 13.0. The van der Waals surface area contributed by atoms with Gasteiger partial charge in [-0.3, -0.25) is 4.79 Å². The van der Waals surface area contributed by atoms with Crippen LogP contribution in [0.3, 0.4) is 0 Å². The lowest BCUT2D eigenvalue weighted by Gasteiger charge is -2.30. The minimum atomic E-state index is -3.53. The van der Waals surface area contributed by atoms with Crippen molar-refractivity contribution in [1.29, 1.82) is 0 Å². The number of hydrogen-bond acceptors (Lipinski definition) is 4. The number of furan rings is 1. The SMILES string of the molecule is Cc1c(C(=O)NC2CC2)oc2ccc(S(=O)(=O)N3CCCC(C)C3)cc12. The highest BCUT2D eigenvalue weighted by Gasteiger charge is 2.30. The number of carbonyl (C=O) groups is 1. The Hall–Kier alpha value is -1.86. The lowest BCUT2D eigenvalue weighted by molar-refractivity contribution is 0.0924. The molecule has 2 heterocycles. The molecule has 1 atom stereocenters. The van der Waals surface area contributed by atoms with Crippen molar-refractivity contribution in [2.45, 2.75) is 50.5 Å². The molecule has 1 aromatic carbocycles. The number of nitrogens with one attached hydrogen (secondary N) is 1. The molecule has 0 bridgehead atoms. The molecule has 1 aliphatic carbocycles. The smallest absolute Gasteiger partial charge is 0.287 e. The van der Waals surface area contributed by atoms with Gasteiger partial charge < -0.3 is 9.73 Å². The molecule has 140 valence electrons. The van der Waals surface area contributed by atoms with Crippen LogP contribution in [-0.4, -0.2) is 37.8 Å². The van der Waals surface area contributed by atoms with Gasteiger partial charge >= 0.3 is 0 Å². The van der Waals surface area contributed by atoms with Gasteiger partial charge in [0.15, 0.2) is 5.76 Å². The highest BCUT2D eigenvalue weighted by Crippen LogP contribution is 2.31. The normalized spacial score (nSPS) is 21.8. The molecule has 0 spiro atoms. The van der Waals surface area contributed by atoms with E-state index in [1.54, 1.807) is 29.4 Å². The molecule has 26 heavy (non-hydrogen) atoms. The molecule has 1 saturated carbocycles. The number of fused-ring (bicyclic) bond motifs is 1. The first-order valence-electron chi connectivity index (χ1n) is 9.20.